The number of carbonyl (C=O) groups is 1. The Bertz CT molecular complexity index is 772. The van der Waals surface area contributed by atoms with Gasteiger partial charge in [0.25, 0.3) is 0 Å². The molecule has 1 unspecified atom stereocenters. The minimum atomic E-state index is -0.127. The van der Waals surface area contributed by atoms with Gasteiger partial charge in [-0.25, -0.2) is 4.79 Å². The van der Waals surface area contributed by atoms with Gasteiger partial charge in [-0.05, 0) is 36.4 Å². The van der Waals surface area contributed by atoms with E-state index in [0.717, 1.165) is 33.0 Å². The second-order valence-electron chi connectivity index (χ2n) is 5.46. The van der Waals surface area contributed by atoms with Crippen LogP contribution >= 0.6 is 27.7 Å². The second-order valence-corrected chi connectivity index (χ2v) is 7.57. The van der Waals surface area contributed by atoms with E-state index in [1.54, 1.807) is 26.0 Å². The summed E-state index contributed by atoms with van der Waals surface area (Å²) in [7, 11) is 3.27. The maximum atomic E-state index is 12.8. The molecule has 7 heteroatoms. The monoisotopic (exact) mass is 422 g/mol. The zero-order chi connectivity index (χ0) is 17.8. The third-order valence-corrected chi connectivity index (χ3v) is 5.67. The van der Waals surface area contributed by atoms with Gasteiger partial charge in [0.2, 0.25) is 0 Å². The molecule has 1 heterocycles. The number of rotatable bonds is 4. The van der Waals surface area contributed by atoms with Gasteiger partial charge in [-0.15, -0.1) is 11.8 Å². The topological polar surface area (TPSA) is 50.8 Å². The average molecular weight is 423 g/mol. The summed E-state index contributed by atoms with van der Waals surface area (Å²) in [4.78, 5) is 14.6. The van der Waals surface area contributed by atoms with Crippen molar-refractivity contribution in [3.8, 4) is 11.5 Å². The van der Waals surface area contributed by atoms with E-state index in [1.165, 1.54) is 0 Å². The zero-order valence-corrected chi connectivity index (χ0v) is 16.4. The first kappa shape index (κ1) is 17.9. The molecule has 0 aromatic heterocycles. The number of hydrogen-bond donors (Lipinski definition) is 1. The van der Waals surface area contributed by atoms with Crippen LogP contribution in [0.2, 0.25) is 0 Å². The Hall–Kier alpha value is -1.86. The first-order valence-corrected chi connectivity index (χ1v) is 9.63. The number of anilines is 1. The predicted octanol–water partition coefficient (Wildman–Crippen LogP) is 4.75. The van der Waals surface area contributed by atoms with E-state index in [4.69, 9.17) is 9.47 Å². The van der Waals surface area contributed by atoms with Crippen molar-refractivity contribution in [2.24, 2.45) is 0 Å². The number of hydrogen-bond acceptors (Lipinski definition) is 4. The first-order valence-electron chi connectivity index (χ1n) is 7.79. The molecule has 1 saturated heterocycles. The quantitative estimate of drug-likeness (QED) is 0.772. The van der Waals surface area contributed by atoms with Crippen LogP contribution in [0.5, 0.6) is 11.5 Å². The highest BCUT2D eigenvalue weighted by molar-refractivity contribution is 9.10. The third-order valence-electron chi connectivity index (χ3n) is 3.93. The van der Waals surface area contributed by atoms with Crippen LogP contribution in [0.25, 0.3) is 0 Å². The molecule has 132 valence electrons. The lowest BCUT2D eigenvalue weighted by Crippen LogP contribution is -2.34. The molecule has 2 aromatic rings. The number of nitrogens with one attached hydrogen (secondary N) is 1. The number of amides is 2. The van der Waals surface area contributed by atoms with Crippen LogP contribution in [0, 0.1) is 0 Å². The van der Waals surface area contributed by atoms with Gasteiger partial charge in [-0.2, -0.15) is 0 Å². The van der Waals surface area contributed by atoms with Crippen molar-refractivity contribution < 1.29 is 14.3 Å². The minimum Gasteiger partial charge on any atom is -0.497 e. The number of ether oxygens (including phenoxy) is 2. The van der Waals surface area contributed by atoms with Crippen molar-refractivity contribution in [2.45, 2.75) is 5.37 Å². The first-order chi connectivity index (χ1) is 12.1. The molecular weight excluding hydrogens is 404 g/mol. The second kappa shape index (κ2) is 8.01. The summed E-state index contributed by atoms with van der Waals surface area (Å²) in [6.07, 6.45) is 0. The van der Waals surface area contributed by atoms with E-state index in [2.05, 4.69) is 21.2 Å². The Balaban J connectivity index is 1.84. The Morgan fingerprint density at radius 2 is 2.08 bits per heavy atom. The lowest BCUT2D eigenvalue weighted by Gasteiger charge is -2.26. The lowest BCUT2D eigenvalue weighted by atomic mass is 10.1. The maximum Gasteiger partial charge on any atom is 0.323 e. The van der Waals surface area contributed by atoms with Crippen LogP contribution in [0.3, 0.4) is 0 Å². The molecule has 5 nitrogen and oxygen atoms in total. The highest BCUT2D eigenvalue weighted by Gasteiger charge is 2.33. The molecule has 1 fully saturated rings. The SMILES string of the molecule is COc1ccc(OC)c(C2SCCN2C(=O)Nc2cccc(Br)c2)c1. The fourth-order valence-electron chi connectivity index (χ4n) is 2.73. The van der Waals surface area contributed by atoms with E-state index in [9.17, 15) is 4.79 Å². The van der Waals surface area contributed by atoms with Crippen molar-refractivity contribution in [1.82, 2.24) is 4.90 Å². The van der Waals surface area contributed by atoms with Crippen molar-refractivity contribution in [3.63, 3.8) is 0 Å². The van der Waals surface area contributed by atoms with Gasteiger partial charge in [0.1, 0.15) is 16.9 Å². The van der Waals surface area contributed by atoms with Gasteiger partial charge < -0.3 is 19.7 Å². The van der Waals surface area contributed by atoms with Crippen molar-refractivity contribution in [1.29, 1.82) is 0 Å². The van der Waals surface area contributed by atoms with Gasteiger partial charge in [0.05, 0.1) is 14.2 Å². The molecule has 2 amide bonds. The van der Waals surface area contributed by atoms with E-state index >= 15 is 0 Å². The van der Waals surface area contributed by atoms with E-state index in [1.807, 2.05) is 47.4 Å². The summed E-state index contributed by atoms with van der Waals surface area (Å²) in [5, 5.41) is 2.85. The van der Waals surface area contributed by atoms with Gasteiger partial charge >= 0.3 is 6.03 Å². The van der Waals surface area contributed by atoms with E-state index in [0.29, 0.717) is 6.54 Å². The summed E-state index contributed by atoms with van der Waals surface area (Å²) < 4.78 is 11.7. The summed E-state index contributed by atoms with van der Waals surface area (Å²) in [5.41, 5.74) is 1.70. The molecule has 3 rings (SSSR count). The number of benzene rings is 2. The van der Waals surface area contributed by atoms with Crippen LogP contribution in [0.4, 0.5) is 10.5 Å². The number of nitrogens with zero attached hydrogens (tertiary/aromatic N) is 1. The maximum absolute atomic E-state index is 12.8. The fraction of sp³-hybridized carbons (Fsp3) is 0.278. The number of halogens is 1. The molecule has 1 atom stereocenters. The number of thioether (sulfide) groups is 1. The molecule has 1 aliphatic rings. The van der Waals surface area contributed by atoms with Gasteiger partial charge in [-0.1, -0.05) is 22.0 Å². The minimum absolute atomic E-state index is 0.114. The summed E-state index contributed by atoms with van der Waals surface area (Å²) in [5.74, 6) is 2.37. The third kappa shape index (κ3) is 4.04. The molecule has 0 radical (unpaired) electrons. The zero-order valence-electron chi connectivity index (χ0n) is 14.0. The van der Waals surface area contributed by atoms with E-state index < -0.39 is 0 Å². The van der Waals surface area contributed by atoms with Crippen LogP contribution in [0.1, 0.15) is 10.9 Å². The van der Waals surface area contributed by atoms with Crippen molar-refractivity contribution in [3.05, 3.63) is 52.5 Å². The Morgan fingerprint density at radius 1 is 1.24 bits per heavy atom. The molecule has 0 spiro atoms. The summed E-state index contributed by atoms with van der Waals surface area (Å²) in [6.45, 7) is 0.676. The summed E-state index contributed by atoms with van der Waals surface area (Å²) in [6, 6.07) is 13.1. The Morgan fingerprint density at radius 3 is 2.80 bits per heavy atom. The Labute approximate surface area is 159 Å². The molecule has 0 aliphatic carbocycles. The van der Waals surface area contributed by atoms with Crippen LogP contribution in [0.15, 0.2) is 46.9 Å². The van der Waals surface area contributed by atoms with Crippen LogP contribution in [-0.4, -0.2) is 37.4 Å². The number of carbonyl (C=O) groups excluding carboxylic acids is 1. The summed E-state index contributed by atoms with van der Waals surface area (Å²) >= 11 is 5.13. The standard InChI is InChI=1S/C18H19BrN2O3S/c1-23-14-6-7-16(24-2)15(11-14)17-21(8-9-25-17)18(22)20-13-5-3-4-12(19)10-13/h3-7,10-11,17H,8-9H2,1-2H3,(H,20,22). The highest BCUT2D eigenvalue weighted by Crippen LogP contribution is 2.43. The highest BCUT2D eigenvalue weighted by atomic mass is 79.9. The van der Waals surface area contributed by atoms with Crippen LogP contribution in [-0.2, 0) is 0 Å². The molecule has 1 aliphatic heterocycles. The average Bonchev–Trinajstić information content (AvgIpc) is 3.11. The number of methoxy groups -OCH3 is 2. The molecular formula is C18H19BrN2O3S. The molecule has 2 aromatic carbocycles. The normalized spacial score (nSPS) is 16.6. The smallest absolute Gasteiger partial charge is 0.323 e. The van der Waals surface area contributed by atoms with Crippen molar-refractivity contribution in [2.75, 3.05) is 31.8 Å². The number of urea groups is 1. The van der Waals surface area contributed by atoms with Crippen LogP contribution < -0.4 is 14.8 Å². The predicted molar refractivity (Wildman–Crippen MR) is 105 cm³/mol. The van der Waals surface area contributed by atoms with E-state index in [-0.39, 0.29) is 11.4 Å². The molecule has 25 heavy (non-hydrogen) atoms. The molecule has 0 saturated carbocycles. The van der Waals surface area contributed by atoms with Gasteiger partial charge in [0.15, 0.2) is 0 Å². The molecule has 1 N–H and O–H groups in total. The largest absolute Gasteiger partial charge is 0.497 e. The van der Waals surface area contributed by atoms with Gasteiger partial charge in [-0.3, -0.25) is 0 Å². The van der Waals surface area contributed by atoms with Crippen molar-refractivity contribution >= 4 is 39.4 Å². The molecule has 0 bridgehead atoms. The Kier molecular flexibility index (Phi) is 5.75. The van der Waals surface area contributed by atoms with Gasteiger partial charge in [0, 0.05) is 28.0 Å². The lowest BCUT2D eigenvalue weighted by molar-refractivity contribution is 0.213. The fourth-order valence-corrected chi connectivity index (χ4v) is 4.40.